The third-order valence-corrected chi connectivity index (χ3v) is 3.46. The van der Waals surface area contributed by atoms with E-state index in [0.29, 0.717) is 7.18 Å². The molecule has 2 aromatic heterocycles. The molecule has 2 N–H and O–H groups in total. The van der Waals surface area contributed by atoms with Crippen molar-refractivity contribution in [3.05, 3.63) is 54.7 Å². The highest BCUT2D eigenvalue weighted by Crippen LogP contribution is 2.31. The van der Waals surface area contributed by atoms with Gasteiger partial charge in [-0.1, -0.05) is 36.4 Å². The highest BCUT2D eigenvalue weighted by molar-refractivity contribution is 6.13. The molecule has 0 unspecified atom stereocenters. The zero-order chi connectivity index (χ0) is 14.8. The summed E-state index contributed by atoms with van der Waals surface area (Å²) in [6, 6.07) is 15.9. The third-order valence-electron chi connectivity index (χ3n) is 3.46. The average molecular weight is 279 g/mol. The Morgan fingerprint density at radius 1 is 0.810 bits per heavy atom. The number of pyridine rings is 2. The quantitative estimate of drug-likeness (QED) is 0.389. The van der Waals surface area contributed by atoms with Crippen LogP contribution in [0.3, 0.4) is 0 Å². The molecule has 4 rings (SSSR count). The van der Waals surface area contributed by atoms with E-state index < -0.39 is 0 Å². The van der Waals surface area contributed by atoms with Gasteiger partial charge in [0, 0.05) is 22.4 Å². The molecule has 0 amide bonds. The fourth-order valence-corrected chi connectivity index (χ4v) is 2.51. The lowest BCUT2D eigenvalue weighted by Gasteiger charge is -2.08. The topological polar surface area (TPSA) is 51.8 Å². The highest BCUT2D eigenvalue weighted by atomic mass is 19.1. The summed E-state index contributed by atoms with van der Waals surface area (Å²) in [5.74, 6) is 0. The van der Waals surface area contributed by atoms with E-state index in [0.717, 1.165) is 38.4 Å². The predicted octanol–water partition coefficient (Wildman–Crippen LogP) is 4.10. The molecule has 3 nitrogen and oxygen atoms in total. The number of fused-ring (bicyclic) bond motifs is 4. The summed E-state index contributed by atoms with van der Waals surface area (Å²) in [7, 11) is 0.500. The maximum absolute atomic E-state index is 9.50. The van der Waals surface area contributed by atoms with Crippen molar-refractivity contribution in [2.24, 2.45) is 0 Å². The summed E-state index contributed by atoms with van der Waals surface area (Å²) in [5.41, 5.74) is 9.80. The van der Waals surface area contributed by atoms with Gasteiger partial charge in [0.25, 0.3) is 0 Å². The maximum atomic E-state index is 9.50. The normalized spacial score (nSPS) is 10.6. The predicted molar refractivity (Wildman–Crippen MR) is 86.0 cm³/mol. The molecular formula is C17H14FN3. The van der Waals surface area contributed by atoms with Crippen LogP contribution in [-0.4, -0.2) is 17.1 Å². The van der Waals surface area contributed by atoms with Gasteiger partial charge in [-0.25, -0.2) is 4.98 Å². The number of para-hydroxylation sites is 2. The molecule has 0 saturated carbocycles. The molecule has 0 fully saturated rings. The zero-order valence-electron chi connectivity index (χ0n) is 11.5. The molecule has 0 radical (unpaired) electrons. The average Bonchev–Trinajstić information content (AvgIpc) is 2.57. The molecule has 4 heteroatoms. The summed E-state index contributed by atoms with van der Waals surface area (Å²) in [6.45, 7) is 0. The van der Waals surface area contributed by atoms with E-state index in [-0.39, 0.29) is 0 Å². The lowest BCUT2D eigenvalue weighted by Crippen LogP contribution is -1.94. The number of halogens is 1. The van der Waals surface area contributed by atoms with Gasteiger partial charge in [0.2, 0.25) is 0 Å². The first kappa shape index (κ1) is 13.2. The van der Waals surface area contributed by atoms with Gasteiger partial charge in [0.15, 0.2) is 0 Å². The number of aromatic nitrogens is 2. The van der Waals surface area contributed by atoms with E-state index in [1.165, 1.54) is 0 Å². The first-order chi connectivity index (χ1) is 10.3. The fourth-order valence-electron chi connectivity index (χ4n) is 2.51. The Kier molecular flexibility index (Phi) is 3.36. The van der Waals surface area contributed by atoms with Crippen LogP contribution in [0.4, 0.5) is 10.1 Å². The van der Waals surface area contributed by atoms with Crippen molar-refractivity contribution in [2.75, 3.05) is 12.9 Å². The van der Waals surface area contributed by atoms with Gasteiger partial charge >= 0.3 is 0 Å². The van der Waals surface area contributed by atoms with Crippen molar-refractivity contribution in [2.45, 2.75) is 0 Å². The molecule has 2 aromatic carbocycles. The molecule has 0 aliphatic heterocycles. The van der Waals surface area contributed by atoms with Crippen LogP contribution in [0.1, 0.15) is 0 Å². The number of nitrogens with two attached hydrogens (primary N) is 1. The van der Waals surface area contributed by atoms with Gasteiger partial charge in [0.05, 0.1) is 29.4 Å². The molecule has 0 bridgehead atoms. The number of benzene rings is 2. The molecule has 0 spiro atoms. The summed E-state index contributed by atoms with van der Waals surface area (Å²) < 4.78 is 9.50. The van der Waals surface area contributed by atoms with Crippen LogP contribution in [0.25, 0.3) is 32.7 Å². The van der Waals surface area contributed by atoms with Crippen LogP contribution in [-0.2, 0) is 0 Å². The number of hydrogen-bond donors (Lipinski definition) is 1. The Labute approximate surface area is 121 Å². The summed E-state index contributed by atoms with van der Waals surface area (Å²) in [4.78, 5) is 9.20. The van der Waals surface area contributed by atoms with E-state index >= 15 is 0 Å². The van der Waals surface area contributed by atoms with Crippen molar-refractivity contribution in [3.8, 4) is 0 Å². The molecule has 0 atom stereocenters. The standard InChI is InChI=1S/C16H11N3.CH3F/c17-15-10-5-1-4-8-14(10)19-16-11-6-2-3-7-13(11)18-9-12(15)16;1-2/h1-9H,(H2,17,19);1H3. The molecule has 2 heterocycles. The van der Waals surface area contributed by atoms with E-state index in [4.69, 9.17) is 10.7 Å². The van der Waals surface area contributed by atoms with E-state index in [1.807, 2.05) is 54.7 Å². The summed E-state index contributed by atoms with van der Waals surface area (Å²) in [6.07, 6.45) is 1.81. The molecule has 104 valence electrons. The molecule has 21 heavy (non-hydrogen) atoms. The van der Waals surface area contributed by atoms with Crippen molar-refractivity contribution < 1.29 is 4.39 Å². The van der Waals surface area contributed by atoms with Crippen molar-refractivity contribution in [1.82, 2.24) is 9.97 Å². The SMILES string of the molecule is CF.Nc1c2ccccc2nc2c1cnc1ccccc12. The molecule has 0 saturated heterocycles. The van der Waals surface area contributed by atoms with Crippen molar-refractivity contribution in [3.63, 3.8) is 0 Å². The monoisotopic (exact) mass is 279 g/mol. The second kappa shape index (κ2) is 5.32. The third kappa shape index (κ3) is 2.05. The molecule has 4 aromatic rings. The minimum absolute atomic E-state index is 0.500. The van der Waals surface area contributed by atoms with Crippen LogP contribution in [0.15, 0.2) is 54.7 Å². The zero-order valence-corrected chi connectivity index (χ0v) is 11.5. The van der Waals surface area contributed by atoms with Crippen molar-refractivity contribution in [1.29, 1.82) is 0 Å². The van der Waals surface area contributed by atoms with Crippen LogP contribution < -0.4 is 5.73 Å². The van der Waals surface area contributed by atoms with Gasteiger partial charge in [-0.15, -0.1) is 0 Å². The van der Waals surface area contributed by atoms with Gasteiger partial charge < -0.3 is 5.73 Å². The largest absolute Gasteiger partial charge is 0.398 e. The Morgan fingerprint density at radius 2 is 1.43 bits per heavy atom. The number of nitrogens with zero attached hydrogens (tertiary/aromatic N) is 2. The van der Waals surface area contributed by atoms with Gasteiger partial charge in [-0.05, 0) is 12.1 Å². The minimum atomic E-state index is 0.500. The summed E-state index contributed by atoms with van der Waals surface area (Å²) in [5, 5.41) is 2.93. The molecular weight excluding hydrogens is 265 g/mol. The van der Waals surface area contributed by atoms with Crippen LogP contribution in [0.5, 0.6) is 0 Å². The van der Waals surface area contributed by atoms with Gasteiger partial charge in [-0.3, -0.25) is 9.37 Å². The van der Waals surface area contributed by atoms with Gasteiger partial charge in [0.1, 0.15) is 0 Å². The smallest absolute Gasteiger partial charge is 0.0840 e. The Hall–Kier alpha value is -2.75. The minimum Gasteiger partial charge on any atom is -0.398 e. The Morgan fingerprint density at radius 3 is 2.19 bits per heavy atom. The Bertz CT molecular complexity index is 935. The van der Waals surface area contributed by atoms with Gasteiger partial charge in [-0.2, -0.15) is 0 Å². The lowest BCUT2D eigenvalue weighted by atomic mass is 10.1. The first-order valence-electron chi connectivity index (χ1n) is 6.54. The number of nitrogen functional groups attached to an aromatic ring is 1. The van der Waals surface area contributed by atoms with E-state index in [1.54, 1.807) is 0 Å². The molecule has 0 aliphatic carbocycles. The maximum Gasteiger partial charge on any atom is 0.0840 e. The number of alkyl halides is 1. The second-order valence-electron chi connectivity index (χ2n) is 4.58. The van der Waals surface area contributed by atoms with E-state index in [2.05, 4.69) is 4.98 Å². The Balaban J connectivity index is 0.000000636. The summed E-state index contributed by atoms with van der Waals surface area (Å²) >= 11 is 0. The number of rotatable bonds is 0. The van der Waals surface area contributed by atoms with Crippen LogP contribution in [0, 0.1) is 0 Å². The first-order valence-corrected chi connectivity index (χ1v) is 6.54. The number of anilines is 1. The van der Waals surface area contributed by atoms with E-state index in [9.17, 15) is 4.39 Å². The van der Waals surface area contributed by atoms with Crippen LogP contribution >= 0.6 is 0 Å². The van der Waals surface area contributed by atoms with Crippen molar-refractivity contribution >= 4 is 38.4 Å². The highest BCUT2D eigenvalue weighted by Gasteiger charge is 2.09. The fraction of sp³-hybridized carbons (Fsp3) is 0.0588. The lowest BCUT2D eigenvalue weighted by molar-refractivity contribution is 0.636. The second-order valence-corrected chi connectivity index (χ2v) is 4.58. The molecule has 0 aliphatic rings. The number of hydrogen-bond acceptors (Lipinski definition) is 3. The van der Waals surface area contributed by atoms with Crippen LogP contribution in [0.2, 0.25) is 0 Å².